The van der Waals surface area contributed by atoms with Crippen LogP contribution in [0, 0.1) is 5.92 Å². The molecule has 1 saturated carbocycles. The Hall–Kier alpha value is -1.47. The second kappa shape index (κ2) is 6.20. The normalized spacial score (nSPS) is 27.0. The molecule has 23 heavy (non-hydrogen) atoms. The summed E-state index contributed by atoms with van der Waals surface area (Å²) in [7, 11) is 0. The quantitative estimate of drug-likeness (QED) is 0.872. The lowest BCUT2D eigenvalue weighted by Crippen LogP contribution is -2.44. The van der Waals surface area contributed by atoms with Crippen LogP contribution >= 0.6 is 22.7 Å². The molecule has 1 aliphatic carbocycles. The highest BCUT2D eigenvalue weighted by molar-refractivity contribution is 7.19. The molecule has 2 aromatic heterocycles. The van der Waals surface area contributed by atoms with Gasteiger partial charge in [0, 0.05) is 23.0 Å². The van der Waals surface area contributed by atoms with Crippen LogP contribution in [0.1, 0.15) is 39.0 Å². The molecule has 3 atom stereocenters. The first kappa shape index (κ1) is 15.1. The molecule has 4 rings (SSSR count). The molecule has 7 heteroatoms. The van der Waals surface area contributed by atoms with Gasteiger partial charge >= 0.3 is 6.03 Å². The van der Waals surface area contributed by atoms with Gasteiger partial charge in [-0.15, -0.1) is 10.2 Å². The number of thiophene rings is 1. The summed E-state index contributed by atoms with van der Waals surface area (Å²) in [5.41, 5.74) is 1.06. The molecule has 3 unspecified atom stereocenters. The number of aromatic nitrogens is 2. The van der Waals surface area contributed by atoms with Gasteiger partial charge in [0.25, 0.3) is 0 Å². The standard InChI is InChI=1S/C16H20N4OS2/c1-10-8-11-4-2-3-5-13(11)20(10)16(21)17-15-19-18-14(23-15)12-6-7-22-9-12/h6-7,9-11,13H,2-5,8H2,1H3,(H,17,19,21). The number of amides is 2. The molecule has 2 aliphatic rings. The van der Waals surface area contributed by atoms with Crippen LogP contribution < -0.4 is 5.32 Å². The Morgan fingerprint density at radius 3 is 3.04 bits per heavy atom. The van der Waals surface area contributed by atoms with E-state index in [1.54, 1.807) is 11.3 Å². The lowest BCUT2D eigenvalue weighted by molar-refractivity contribution is 0.168. The molecule has 1 N–H and O–H groups in total. The lowest BCUT2D eigenvalue weighted by Gasteiger charge is -2.32. The van der Waals surface area contributed by atoms with E-state index < -0.39 is 0 Å². The predicted octanol–water partition coefficient (Wildman–Crippen LogP) is 4.45. The van der Waals surface area contributed by atoms with Gasteiger partial charge in [0.1, 0.15) is 5.01 Å². The van der Waals surface area contributed by atoms with E-state index in [1.165, 1.54) is 30.6 Å². The number of rotatable bonds is 2. The molecular weight excluding hydrogens is 328 g/mol. The highest BCUT2D eigenvalue weighted by Gasteiger charge is 2.42. The summed E-state index contributed by atoms with van der Waals surface area (Å²) < 4.78 is 0. The molecule has 5 nitrogen and oxygen atoms in total. The van der Waals surface area contributed by atoms with Crippen molar-refractivity contribution in [1.82, 2.24) is 15.1 Å². The number of carbonyl (C=O) groups excluding carboxylic acids is 1. The number of carbonyl (C=O) groups is 1. The molecule has 2 aromatic rings. The minimum Gasteiger partial charge on any atom is -0.319 e. The Kier molecular flexibility index (Phi) is 4.07. The summed E-state index contributed by atoms with van der Waals surface area (Å²) in [6.07, 6.45) is 6.08. The third-order valence-corrected chi connectivity index (χ3v) is 6.56. The fraction of sp³-hybridized carbons (Fsp3) is 0.562. The fourth-order valence-electron chi connectivity index (χ4n) is 3.99. The molecule has 1 saturated heterocycles. The van der Waals surface area contributed by atoms with Crippen LogP contribution in [0.2, 0.25) is 0 Å². The van der Waals surface area contributed by atoms with Crippen molar-refractivity contribution in [3.05, 3.63) is 16.8 Å². The van der Waals surface area contributed by atoms with E-state index in [0.717, 1.165) is 23.4 Å². The summed E-state index contributed by atoms with van der Waals surface area (Å²) in [6, 6.07) is 2.72. The van der Waals surface area contributed by atoms with E-state index in [2.05, 4.69) is 27.3 Å². The first-order chi connectivity index (χ1) is 11.2. The zero-order valence-corrected chi connectivity index (χ0v) is 14.7. The van der Waals surface area contributed by atoms with Crippen molar-refractivity contribution in [2.75, 3.05) is 5.32 Å². The molecule has 0 aromatic carbocycles. The van der Waals surface area contributed by atoms with Crippen LogP contribution in [0.3, 0.4) is 0 Å². The van der Waals surface area contributed by atoms with Crippen LogP contribution in [-0.2, 0) is 0 Å². The van der Waals surface area contributed by atoms with E-state index in [1.807, 2.05) is 16.8 Å². The Bertz CT molecular complexity index is 684. The minimum absolute atomic E-state index is 0.0140. The number of nitrogens with one attached hydrogen (secondary N) is 1. The van der Waals surface area contributed by atoms with Crippen molar-refractivity contribution in [2.24, 2.45) is 5.92 Å². The second-order valence-corrected chi connectivity index (χ2v) is 8.22. The highest BCUT2D eigenvalue weighted by atomic mass is 32.1. The van der Waals surface area contributed by atoms with Crippen LogP contribution in [-0.4, -0.2) is 33.2 Å². The third-order valence-electron chi connectivity index (χ3n) is 4.99. The Morgan fingerprint density at radius 1 is 1.35 bits per heavy atom. The lowest BCUT2D eigenvalue weighted by atomic mass is 9.85. The van der Waals surface area contributed by atoms with Crippen LogP contribution in [0.4, 0.5) is 9.93 Å². The second-order valence-electron chi connectivity index (χ2n) is 6.46. The number of hydrogen-bond acceptors (Lipinski definition) is 5. The van der Waals surface area contributed by atoms with Crippen molar-refractivity contribution in [3.63, 3.8) is 0 Å². The monoisotopic (exact) mass is 348 g/mol. The fourth-order valence-corrected chi connectivity index (χ4v) is 5.44. The van der Waals surface area contributed by atoms with Crippen LogP contribution in [0.5, 0.6) is 0 Å². The topological polar surface area (TPSA) is 58.1 Å². The summed E-state index contributed by atoms with van der Waals surface area (Å²) >= 11 is 3.07. The molecular formula is C16H20N4OS2. The Morgan fingerprint density at radius 2 is 2.22 bits per heavy atom. The van der Waals surface area contributed by atoms with Gasteiger partial charge in [-0.3, -0.25) is 5.32 Å². The highest BCUT2D eigenvalue weighted by Crippen LogP contribution is 2.40. The molecule has 1 aliphatic heterocycles. The molecule has 0 radical (unpaired) electrons. The summed E-state index contributed by atoms with van der Waals surface area (Å²) in [4.78, 5) is 14.8. The first-order valence-electron chi connectivity index (χ1n) is 8.18. The van der Waals surface area contributed by atoms with Crippen molar-refractivity contribution in [2.45, 2.75) is 51.1 Å². The maximum Gasteiger partial charge on any atom is 0.324 e. The van der Waals surface area contributed by atoms with E-state index in [9.17, 15) is 4.79 Å². The van der Waals surface area contributed by atoms with Gasteiger partial charge in [-0.05, 0) is 43.6 Å². The van der Waals surface area contributed by atoms with Crippen molar-refractivity contribution >= 4 is 33.8 Å². The maximum absolute atomic E-state index is 12.7. The first-order valence-corrected chi connectivity index (χ1v) is 9.93. The number of anilines is 1. The van der Waals surface area contributed by atoms with Crippen molar-refractivity contribution < 1.29 is 4.79 Å². The number of urea groups is 1. The third kappa shape index (κ3) is 2.87. The van der Waals surface area contributed by atoms with Crippen molar-refractivity contribution in [1.29, 1.82) is 0 Å². The van der Waals surface area contributed by atoms with E-state index in [-0.39, 0.29) is 6.03 Å². The maximum atomic E-state index is 12.7. The van der Waals surface area contributed by atoms with Gasteiger partial charge in [0.2, 0.25) is 5.13 Å². The van der Waals surface area contributed by atoms with Crippen LogP contribution in [0.25, 0.3) is 10.6 Å². The summed E-state index contributed by atoms with van der Waals surface area (Å²) in [5.74, 6) is 0.681. The van der Waals surface area contributed by atoms with Gasteiger partial charge in [-0.2, -0.15) is 11.3 Å². The van der Waals surface area contributed by atoms with Gasteiger partial charge in [-0.1, -0.05) is 24.2 Å². The molecule has 2 amide bonds. The predicted molar refractivity (Wildman–Crippen MR) is 93.9 cm³/mol. The molecule has 122 valence electrons. The number of hydrogen-bond donors (Lipinski definition) is 1. The molecule has 0 spiro atoms. The van der Waals surface area contributed by atoms with Crippen molar-refractivity contribution in [3.8, 4) is 10.6 Å². The summed E-state index contributed by atoms with van der Waals surface area (Å²) in [5, 5.41) is 16.8. The van der Waals surface area contributed by atoms with E-state index >= 15 is 0 Å². The average Bonchev–Trinajstić information content (AvgIpc) is 3.25. The summed E-state index contributed by atoms with van der Waals surface area (Å²) in [6.45, 7) is 2.16. The smallest absolute Gasteiger partial charge is 0.319 e. The SMILES string of the molecule is CC1CC2CCCCC2N1C(=O)Nc1nnc(-c2ccsc2)s1. The number of fused-ring (bicyclic) bond motifs is 1. The molecule has 0 bridgehead atoms. The van der Waals surface area contributed by atoms with Crippen LogP contribution in [0.15, 0.2) is 16.8 Å². The number of likely N-dealkylation sites (tertiary alicyclic amines) is 1. The van der Waals surface area contributed by atoms with E-state index in [0.29, 0.717) is 23.1 Å². The zero-order chi connectivity index (χ0) is 15.8. The molecule has 3 heterocycles. The van der Waals surface area contributed by atoms with Gasteiger partial charge in [-0.25, -0.2) is 4.79 Å². The van der Waals surface area contributed by atoms with Gasteiger partial charge < -0.3 is 4.90 Å². The Labute approximate surface area is 143 Å². The number of nitrogens with zero attached hydrogens (tertiary/aromatic N) is 3. The zero-order valence-electron chi connectivity index (χ0n) is 13.1. The van der Waals surface area contributed by atoms with E-state index in [4.69, 9.17) is 0 Å². The minimum atomic E-state index is -0.0140. The van der Waals surface area contributed by atoms with Gasteiger partial charge in [0.15, 0.2) is 0 Å². The largest absolute Gasteiger partial charge is 0.324 e. The molecule has 2 fully saturated rings. The van der Waals surface area contributed by atoms with Gasteiger partial charge in [0.05, 0.1) is 0 Å². The average molecular weight is 348 g/mol. The Balaban J connectivity index is 1.47.